The van der Waals surface area contributed by atoms with Crippen LogP contribution in [-0.2, 0) is 16.0 Å². The van der Waals surface area contributed by atoms with Crippen LogP contribution in [0, 0.1) is 0 Å². The number of nitrogens with zero attached hydrogens (tertiary/aromatic N) is 2. The lowest BCUT2D eigenvalue weighted by atomic mass is 10.2. The Morgan fingerprint density at radius 1 is 1.63 bits per heavy atom. The van der Waals surface area contributed by atoms with Crippen LogP contribution in [0.15, 0.2) is 6.20 Å². The van der Waals surface area contributed by atoms with Crippen molar-refractivity contribution in [2.24, 2.45) is 0 Å². The standard InChI is InChI=1S/C12H16N2O4S/c1-2-3-10-13-6-9(19-10)11(15)14-4-5-18-8(7-14)12(16)17/h6,8H,2-5,7H2,1H3,(H,16,17). The van der Waals surface area contributed by atoms with Crippen molar-refractivity contribution in [3.63, 3.8) is 0 Å². The highest BCUT2D eigenvalue weighted by Gasteiger charge is 2.30. The molecule has 1 unspecified atom stereocenters. The molecule has 0 spiro atoms. The monoisotopic (exact) mass is 284 g/mol. The molecule has 104 valence electrons. The van der Waals surface area contributed by atoms with Crippen molar-refractivity contribution in [1.29, 1.82) is 0 Å². The minimum Gasteiger partial charge on any atom is -0.479 e. The number of aliphatic carboxylic acids is 1. The smallest absolute Gasteiger partial charge is 0.334 e. The Kier molecular flexibility index (Phi) is 4.49. The van der Waals surface area contributed by atoms with Gasteiger partial charge in [0.2, 0.25) is 0 Å². The summed E-state index contributed by atoms with van der Waals surface area (Å²) in [5.41, 5.74) is 0. The minimum absolute atomic E-state index is 0.0924. The van der Waals surface area contributed by atoms with Crippen molar-refractivity contribution in [2.45, 2.75) is 25.9 Å². The summed E-state index contributed by atoms with van der Waals surface area (Å²) >= 11 is 1.38. The van der Waals surface area contributed by atoms with Crippen molar-refractivity contribution >= 4 is 23.2 Å². The third-order valence-corrected chi connectivity index (χ3v) is 3.90. The first-order valence-electron chi connectivity index (χ1n) is 6.20. The zero-order chi connectivity index (χ0) is 13.8. The Labute approximate surface area is 115 Å². The molecular weight excluding hydrogens is 268 g/mol. The molecule has 2 heterocycles. The number of carbonyl (C=O) groups is 2. The van der Waals surface area contributed by atoms with Crippen LogP contribution in [0.5, 0.6) is 0 Å². The van der Waals surface area contributed by atoms with Crippen LogP contribution in [0.1, 0.15) is 28.0 Å². The van der Waals surface area contributed by atoms with Gasteiger partial charge >= 0.3 is 5.97 Å². The number of rotatable bonds is 4. The van der Waals surface area contributed by atoms with Gasteiger partial charge in [0.15, 0.2) is 6.10 Å². The fraction of sp³-hybridized carbons (Fsp3) is 0.583. The summed E-state index contributed by atoms with van der Waals surface area (Å²) in [5, 5.41) is 9.85. The molecule has 1 N–H and O–H groups in total. The molecule has 0 saturated carbocycles. The number of hydrogen-bond donors (Lipinski definition) is 1. The number of ether oxygens (including phenoxy) is 1. The molecule has 1 fully saturated rings. The Morgan fingerprint density at radius 3 is 3.11 bits per heavy atom. The summed E-state index contributed by atoms with van der Waals surface area (Å²) in [6.07, 6.45) is 2.49. The molecule has 1 aromatic heterocycles. The average Bonchev–Trinajstić information content (AvgIpc) is 2.87. The fourth-order valence-corrected chi connectivity index (χ4v) is 2.86. The summed E-state index contributed by atoms with van der Waals surface area (Å²) in [7, 11) is 0. The summed E-state index contributed by atoms with van der Waals surface area (Å²) in [5.74, 6) is -1.19. The first-order valence-corrected chi connectivity index (χ1v) is 7.02. The molecule has 1 aromatic rings. The number of carbonyl (C=O) groups excluding carboxylic acids is 1. The normalized spacial score (nSPS) is 19.4. The van der Waals surface area contributed by atoms with Gasteiger partial charge in [-0.15, -0.1) is 11.3 Å². The number of morpholine rings is 1. The third-order valence-electron chi connectivity index (χ3n) is 2.86. The second kappa shape index (κ2) is 6.12. The van der Waals surface area contributed by atoms with Gasteiger partial charge in [0.25, 0.3) is 5.91 Å². The minimum atomic E-state index is -1.03. The van der Waals surface area contributed by atoms with Crippen molar-refractivity contribution in [3.8, 4) is 0 Å². The third kappa shape index (κ3) is 3.30. The molecule has 1 amide bonds. The number of hydrogen-bond acceptors (Lipinski definition) is 5. The number of amides is 1. The summed E-state index contributed by atoms with van der Waals surface area (Å²) < 4.78 is 5.09. The maximum atomic E-state index is 12.2. The van der Waals surface area contributed by atoms with Crippen molar-refractivity contribution < 1.29 is 19.4 Å². The van der Waals surface area contributed by atoms with E-state index in [4.69, 9.17) is 9.84 Å². The molecule has 1 saturated heterocycles. The van der Waals surface area contributed by atoms with Gasteiger partial charge in [0.05, 0.1) is 24.4 Å². The van der Waals surface area contributed by atoms with E-state index in [2.05, 4.69) is 11.9 Å². The first kappa shape index (κ1) is 14.0. The number of carboxylic acids is 1. The van der Waals surface area contributed by atoms with Crippen LogP contribution in [0.25, 0.3) is 0 Å². The van der Waals surface area contributed by atoms with Crippen LogP contribution in [0.2, 0.25) is 0 Å². The topological polar surface area (TPSA) is 79.7 Å². The molecule has 0 aliphatic carbocycles. The van der Waals surface area contributed by atoms with E-state index < -0.39 is 12.1 Å². The van der Waals surface area contributed by atoms with Gasteiger partial charge in [-0.05, 0) is 12.8 Å². The van der Waals surface area contributed by atoms with Gasteiger partial charge in [-0.25, -0.2) is 9.78 Å². The van der Waals surface area contributed by atoms with Gasteiger partial charge in [-0.1, -0.05) is 6.92 Å². The second-order valence-electron chi connectivity index (χ2n) is 4.32. The maximum Gasteiger partial charge on any atom is 0.334 e. The van der Waals surface area contributed by atoms with Crippen molar-refractivity contribution in [2.75, 3.05) is 19.7 Å². The molecular formula is C12H16N2O4S. The molecule has 6 nitrogen and oxygen atoms in total. The molecule has 0 radical (unpaired) electrons. The summed E-state index contributed by atoms with van der Waals surface area (Å²) in [6, 6.07) is 0. The summed E-state index contributed by atoms with van der Waals surface area (Å²) in [4.78, 5) is 29.4. The van der Waals surface area contributed by atoms with E-state index in [1.54, 1.807) is 6.20 Å². The maximum absolute atomic E-state index is 12.2. The lowest BCUT2D eigenvalue weighted by Crippen LogP contribution is -2.48. The predicted molar refractivity (Wildman–Crippen MR) is 69.4 cm³/mol. The van der Waals surface area contributed by atoms with Crippen LogP contribution >= 0.6 is 11.3 Å². The molecule has 1 aliphatic heterocycles. The highest BCUT2D eigenvalue weighted by molar-refractivity contribution is 7.13. The van der Waals surface area contributed by atoms with Gasteiger partial charge in [-0.3, -0.25) is 4.79 Å². The Hall–Kier alpha value is -1.47. The van der Waals surface area contributed by atoms with Gasteiger partial charge in [-0.2, -0.15) is 0 Å². The lowest BCUT2D eigenvalue weighted by Gasteiger charge is -2.30. The van der Waals surface area contributed by atoms with E-state index >= 15 is 0 Å². The highest BCUT2D eigenvalue weighted by Crippen LogP contribution is 2.18. The number of aryl methyl sites for hydroxylation is 1. The van der Waals surface area contributed by atoms with E-state index in [9.17, 15) is 9.59 Å². The zero-order valence-corrected chi connectivity index (χ0v) is 11.5. The van der Waals surface area contributed by atoms with Crippen molar-refractivity contribution in [1.82, 2.24) is 9.88 Å². The predicted octanol–water partition coefficient (Wildman–Crippen LogP) is 1.02. The molecule has 7 heteroatoms. The van der Waals surface area contributed by atoms with E-state index in [0.29, 0.717) is 11.4 Å². The number of carboxylic acid groups (broad SMARTS) is 1. The lowest BCUT2D eigenvalue weighted by molar-refractivity contribution is -0.154. The molecule has 1 aliphatic rings. The zero-order valence-electron chi connectivity index (χ0n) is 10.7. The molecule has 2 rings (SSSR count). The fourth-order valence-electron chi connectivity index (χ4n) is 1.88. The Morgan fingerprint density at radius 2 is 2.42 bits per heavy atom. The van der Waals surface area contributed by atoms with Gasteiger partial charge < -0.3 is 14.7 Å². The van der Waals surface area contributed by atoms with Crippen LogP contribution in [-0.4, -0.2) is 52.7 Å². The number of thiazole rings is 1. The number of aromatic nitrogens is 1. The van der Waals surface area contributed by atoms with E-state index in [0.717, 1.165) is 17.8 Å². The largest absolute Gasteiger partial charge is 0.479 e. The molecule has 0 aromatic carbocycles. The summed E-state index contributed by atoms with van der Waals surface area (Å²) in [6.45, 7) is 2.82. The van der Waals surface area contributed by atoms with E-state index in [1.807, 2.05) is 0 Å². The van der Waals surface area contributed by atoms with Crippen molar-refractivity contribution in [3.05, 3.63) is 16.1 Å². The van der Waals surface area contributed by atoms with Crippen LogP contribution in [0.3, 0.4) is 0 Å². The highest BCUT2D eigenvalue weighted by atomic mass is 32.1. The molecule has 1 atom stereocenters. The average molecular weight is 284 g/mol. The van der Waals surface area contributed by atoms with Gasteiger partial charge in [0, 0.05) is 6.54 Å². The van der Waals surface area contributed by atoms with E-state index in [1.165, 1.54) is 16.2 Å². The second-order valence-corrected chi connectivity index (χ2v) is 5.43. The van der Waals surface area contributed by atoms with Crippen LogP contribution in [0.4, 0.5) is 0 Å². The molecule has 19 heavy (non-hydrogen) atoms. The van der Waals surface area contributed by atoms with Crippen LogP contribution < -0.4 is 0 Å². The Balaban J connectivity index is 2.03. The van der Waals surface area contributed by atoms with Gasteiger partial charge in [0.1, 0.15) is 4.88 Å². The quantitative estimate of drug-likeness (QED) is 0.893. The van der Waals surface area contributed by atoms with E-state index in [-0.39, 0.29) is 19.1 Å². The Bertz CT molecular complexity index is 474. The first-order chi connectivity index (χ1) is 9.11. The molecule has 0 bridgehead atoms. The SMILES string of the molecule is CCCc1ncc(C(=O)N2CCOC(C(=O)O)C2)s1.